The van der Waals surface area contributed by atoms with E-state index in [0.29, 0.717) is 28.8 Å². The molecule has 0 aliphatic carbocycles. The van der Waals surface area contributed by atoms with Gasteiger partial charge in [0.1, 0.15) is 29.4 Å². The first-order valence-corrected chi connectivity index (χ1v) is 12.6. The van der Waals surface area contributed by atoms with Crippen LogP contribution in [0, 0.1) is 13.8 Å². The van der Waals surface area contributed by atoms with Gasteiger partial charge in [-0.05, 0) is 49.7 Å². The van der Waals surface area contributed by atoms with Crippen molar-refractivity contribution in [2.45, 2.75) is 31.5 Å². The summed E-state index contributed by atoms with van der Waals surface area (Å²) >= 11 is 1.33. The fourth-order valence-electron chi connectivity index (χ4n) is 4.47. The Hall–Kier alpha value is -4.11. The van der Waals surface area contributed by atoms with E-state index in [1.54, 1.807) is 12.6 Å². The van der Waals surface area contributed by atoms with Gasteiger partial charge in [-0.1, -0.05) is 47.7 Å². The molecule has 1 amide bonds. The second kappa shape index (κ2) is 9.16. The molecular formula is C27H23N5O3S. The highest BCUT2D eigenvalue weighted by molar-refractivity contribution is 7.99. The van der Waals surface area contributed by atoms with Gasteiger partial charge in [0.2, 0.25) is 0 Å². The van der Waals surface area contributed by atoms with Crippen LogP contribution in [0.2, 0.25) is 0 Å². The number of furan rings is 2. The summed E-state index contributed by atoms with van der Waals surface area (Å²) in [6, 6.07) is 19.3. The molecule has 5 aromatic rings. The average Bonchev–Trinajstić information content (AvgIpc) is 3.67. The summed E-state index contributed by atoms with van der Waals surface area (Å²) in [5.41, 5.74) is 4.78. The van der Waals surface area contributed by atoms with E-state index in [1.807, 2.05) is 53.1 Å². The van der Waals surface area contributed by atoms with E-state index < -0.39 is 0 Å². The number of fused-ring (bicyclic) bond motifs is 1. The molecule has 8 nitrogen and oxygen atoms in total. The topological polar surface area (TPSA) is 89.7 Å². The first-order valence-electron chi connectivity index (χ1n) is 11.6. The predicted octanol–water partition coefficient (Wildman–Crippen LogP) is 5.69. The highest BCUT2D eigenvalue weighted by Gasteiger charge is 2.36. The van der Waals surface area contributed by atoms with Crippen molar-refractivity contribution >= 4 is 34.3 Å². The van der Waals surface area contributed by atoms with Gasteiger partial charge in [-0.15, -0.1) is 10.2 Å². The first kappa shape index (κ1) is 22.4. The van der Waals surface area contributed by atoms with Crippen LogP contribution in [0.4, 0.5) is 0 Å². The van der Waals surface area contributed by atoms with Crippen molar-refractivity contribution in [2.24, 2.45) is 5.10 Å². The smallest absolute Gasteiger partial charge is 0.253 e. The molecule has 2 aromatic carbocycles. The number of para-hydroxylation sites is 1. The monoisotopic (exact) mass is 497 g/mol. The maximum atomic E-state index is 13.4. The normalized spacial score (nSPS) is 15.6. The molecule has 6 rings (SSSR count). The fraction of sp³-hybridized carbons (Fsp3) is 0.185. The largest absolute Gasteiger partial charge is 0.467 e. The third-order valence-corrected chi connectivity index (χ3v) is 7.13. The van der Waals surface area contributed by atoms with Gasteiger partial charge in [0.05, 0.1) is 17.7 Å². The number of thioether (sulfide) groups is 1. The Morgan fingerprint density at radius 2 is 2.00 bits per heavy atom. The number of aromatic nitrogens is 3. The molecule has 36 heavy (non-hydrogen) atoms. The minimum atomic E-state index is -0.339. The maximum absolute atomic E-state index is 13.4. The second-order valence-corrected chi connectivity index (χ2v) is 9.67. The predicted molar refractivity (Wildman–Crippen MR) is 137 cm³/mol. The number of amides is 1. The molecule has 1 aliphatic heterocycles. The number of hydrogen-bond acceptors (Lipinski definition) is 7. The standard InChI is InChI=1S/C27H23N5O3S/c1-17-9-10-21(18(2)12-17)31-16-28-29-27(31)36-15-26(33)32-22(24-8-5-11-34-24)14-20(30-32)25-13-19-6-3-4-7-23(19)35-25/h3-13,16,22H,14-15H2,1-2H3. The van der Waals surface area contributed by atoms with Gasteiger partial charge in [-0.3, -0.25) is 9.36 Å². The van der Waals surface area contributed by atoms with Gasteiger partial charge in [0.15, 0.2) is 10.9 Å². The van der Waals surface area contributed by atoms with Crippen molar-refractivity contribution < 1.29 is 13.6 Å². The number of hydrogen-bond donors (Lipinski definition) is 0. The lowest BCUT2D eigenvalue weighted by molar-refractivity contribution is -0.130. The Kier molecular flexibility index (Phi) is 5.69. The molecule has 0 saturated carbocycles. The van der Waals surface area contributed by atoms with Gasteiger partial charge >= 0.3 is 0 Å². The van der Waals surface area contributed by atoms with E-state index >= 15 is 0 Å². The van der Waals surface area contributed by atoms with E-state index in [1.165, 1.54) is 22.3 Å². The maximum Gasteiger partial charge on any atom is 0.253 e. The van der Waals surface area contributed by atoms with E-state index in [4.69, 9.17) is 8.83 Å². The lowest BCUT2D eigenvalue weighted by Crippen LogP contribution is -2.28. The molecule has 9 heteroatoms. The fourth-order valence-corrected chi connectivity index (χ4v) is 5.25. The van der Waals surface area contributed by atoms with Crippen LogP contribution < -0.4 is 0 Å². The lowest BCUT2D eigenvalue weighted by atomic mass is 10.1. The molecule has 180 valence electrons. The van der Waals surface area contributed by atoms with E-state index in [-0.39, 0.29) is 17.7 Å². The Bertz CT molecular complexity index is 1550. The molecule has 1 atom stereocenters. The van der Waals surface area contributed by atoms with Crippen LogP contribution in [0.5, 0.6) is 0 Å². The van der Waals surface area contributed by atoms with Crippen molar-refractivity contribution in [3.05, 3.63) is 95.9 Å². The second-order valence-electron chi connectivity index (χ2n) is 8.73. The number of carbonyl (C=O) groups is 1. The molecule has 0 spiro atoms. The molecule has 1 unspecified atom stereocenters. The van der Waals surface area contributed by atoms with E-state index in [2.05, 4.69) is 41.3 Å². The summed E-state index contributed by atoms with van der Waals surface area (Å²) in [6.07, 6.45) is 3.78. The third-order valence-electron chi connectivity index (χ3n) is 6.20. The van der Waals surface area contributed by atoms with Crippen molar-refractivity contribution in [2.75, 3.05) is 5.75 Å². The summed E-state index contributed by atoms with van der Waals surface area (Å²) < 4.78 is 13.6. The average molecular weight is 498 g/mol. The molecule has 0 fully saturated rings. The Labute approximate surface area is 211 Å². The molecule has 0 saturated heterocycles. The number of rotatable bonds is 6. The summed E-state index contributed by atoms with van der Waals surface area (Å²) in [6.45, 7) is 4.11. The first-order chi connectivity index (χ1) is 17.6. The summed E-state index contributed by atoms with van der Waals surface area (Å²) in [4.78, 5) is 13.4. The Morgan fingerprint density at radius 1 is 1.11 bits per heavy atom. The number of hydrazone groups is 1. The van der Waals surface area contributed by atoms with Gasteiger partial charge in [0, 0.05) is 11.8 Å². The van der Waals surface area contributed by atoms with Gasteiger partial charge in [-0.25, -0.2) is 5.01 Å². The molecule has 3 aromatic heterocycles. The quantitative estimate of drug-likeness (QED) is 0.280. The number of carbonyl (C=O) groups excluding carboxylic acids is 1. The Balaban J connectivity index is 1.25. The van der Waals surface area contributed by atoms with Crippen LogP contribution in [-0.4, -0.2) is 37.1 Å². The van der Waals surface area contributed by atoms with Crippen molar-refractivity contribution in [3.8, 4) is 5.69 Å². The van der Waals surface area contributed by atoms with Gasteiger partial charge in [0.25, 0.3) is 5.91 Å². The number of nitrogens with zero attached hydrogens (tertiary/aromatic N) is 5. The van der Waals surface area contributed by atoms with Crippen LogP contribution in [0.3, 0.4) is 0 Å². The number of benzene rings is 2. The number of aryl methyl sites for hydroxylation is 2. The van der Waals surface area contributed by atoms with Gasteiger partial charge in [-0.2, -0.15) is 5.10 Å². The lowest BCUT2D eigenvalue weighted by Gasteiger charge is -2.19. The molecule has 0 radical (unpaired) electrons. The van der Waals surface area contributed by atoms with Crippen LogP contribution in [0.1, 0.15) is 35.1 Å². The summed E-state index contributed by atoms with van der Waals surface area (Å²) in [5, 5.41) is 16.2. The van der Waals surface area contributed by atoms with Crippen LogP contribution in [-0.2, 0) is 4.79 Å². The molecule has 1 aliphatic rings. The van der Waals surface area contributed by atoms with Crippen molar-refractivity contribution in [3.63, 3.8) is 0 Å². The van der Waals surface area contributed by atoms with Crippen LogP contribution in [0.25, 0.3) is 16.7 Å². The molecule has 0 N–H and O–H groups in total. The highest BCUT2D eigenvalue weighted by atomic mass is 32.2. The van der Waals surface area contributed by atoms with Crippen LogP contribution >= 0.6 is 11.8 Å². The molecular weight excluding hydrogens is 474 g/mol. The molecule has 0 bridgehead atoms. The summed E-state index contributed by atoms with van der Waals surface area (Å²) in [5.74, 6) is 1.34. The van der Waals surface area contributed by atoms with Gasteiger partial charge < -0.3 is 8.83 Å². The minimum Gasteiger partial charge on any atom is -0.467 e. The Morgan fingerprint density at radius 3 is 2.81 bits per heavy atom. The third kappa shape index (κ3) is 4.11. The zero-order valence-corrected chi connectivity index (χ0v) is 20.6. The molecule has 4 heterocycles. The van der Waals surface area contributed by atoms with Crippen LogP contribution in [0.15, 0.2) is 92.3 Å². The zero-order chi connectivity index (χ0) is 24.6. The van der Waals surface area contributed by atoms with E-state index in [9.17, 15) is 4.79 Å². The van der Waals surface area contributed by atoms with Crippen molar-refractivity contribution in [1.82, 2.24) is 19.8 Å². The van der Waals surface area contributed by atoms with Crippen molar-refractivity contribution in [1.29, 1.82) is 0 Å². The SMILES string of the molecule is Cc1ccc(-n2cnnc2SCC(=O)N2N=C(c3cc4ccccc4o3)CC2c2ccco2)c(C)c1. The summed E-state index contributed by atoms with van der Waals surface area (Å²) in [7, 11) is 0. The zero-order valence-electron chi connectivity index (χ0n) is 19.8. The minimum absolute atomic E-state index is 0.150. The highest BCUT2D eigenvalue weighted by Crippen LogP contribution is 2.35. The van der Waals surface area contributed by atoms with E-state index in [0.717, 1.165) is 22.2 Å².